The molecule has 2 N–H and O–H groups in total. The fourth-order valence-corrected chi connectivity index (χ4v) is 2.28. The first-order valence-corrected chi connectivity index (χ1v) is 7.46. The number of hydrogen-bond donors (Lipinski definition) is 2. The Kier molecular flexibility index (Phi) is 5.95. The van der Waals surface area contributed by atoms with E-state index in [0.717, 1.165) is 12.0 Å². The summed E-state index contributed by atoms with van der Waals surface area (Å²) in [4.78, 5) is 11.7. The van der Waals surface area contributed by atoms with E-state index in [1.165, 1.54) is 23.3 Å². The van der Waals surface area contributed by atoms with Crippen LogP contribution in [0, 0.1) is 12.7 Å². The van der Waals surface area contributed by atoms with Crippen LogP contribution >= 0.6 is 0 Å². The highest BCUT2D eigenvalue weighted by Crippen LogP contribution is 2.06. The number of hydrogen-bond acceptors (Lipinski definition) is 1. The Bertz CT molecular complexity index is 628. The summed E-state index contributed by atoms with van der Waals surface area (Å²) < 4.78 is 13.0. The lowest BCUT2D eigenvalue weighted by atomic mass is 10.1. The minimum absolute atomic E-state index is 0.190. The van der Waals surface area contributed by atoms with Gasteiger partial charge in [0, 0.05) is 13.1 Å². The van der Waals surface area contributed by atoms with E-state index in [-0.39, 0.29) is 11.8 Å². The van der Waals surface area contributed by atoms with E-state index in [2.05, 4.69) is 29.7 Å². The molecule has 0 bridgehead atoms. The first kappa shape index (κ1) is 16.0. The molecule has 2 rings (SSSR count). The van der Waals surface area contributed by atoms with Crippen molar-refractivity contribution in [2.45, 2.75) is 19.8 Å². The molecule has 3 nitrogen and oxygen atoms in total. The van der Waals surface area contributed by atoms with E-state index in [0.29, 0.717) is 19.5 Å². The summed E-state index contributed by atoms with van der Waals surface area (Å²) in [5.41, 5.74) is 3.35. The molecule has 0 atom stereocenters. The second kappa shape index (κ2) is 8.17. The van der Waals surface area contributed by atoms with Crippen LogP contribution in [-0.2, 0) is 12.8 Å². The SMILES string of the molecule is Cc1ccccc1CCNC(=O)NCCc1cccc(F)c1. The van der Waals surface area contributed by atoms with Gasteiger partial charge in [0.25, 0.3) is 0 Å². The summed E-state index contributed by atoms with van der Waals surface area (Å²) in [5.74, 6) is -0.250. The van der Waals surface area contributed by atoms with Crippen LogP contribution in [0.1, 0.15) is 16.7 Å². The van der Waals surface area contributed by atoms with Gasteiger partial charge in [-0.3, -0.25) is 0 Å². The molecule has 4 heteroatoms. The van der Waals surface area contributed by atoms with Crippen LogP contribution in [0.4, 0.5) is 9.18 Å². The molecule has 0 aliphatic carbocycles. The predicted octanol–water partition coefficient (Wildman–Crippen LogP) is 3.22. The quantitative estimate of drug-likeness (QED) is 0.845. The standard InChI is InChI=1S/C18H21FN2O/c1-14-5-2-3-7-16(14)10-12-21-18(22)20-11-9-15-6-4-8-17(19)13-15/h2-8,13H,9-12H2,1H3,(H2,20,21,22). The third-order valence-corrected chi connectivity index (χ3v) is 3.53. The molecule has 0 heterocycles. The number of urea groups is 1. The average molecular weight is 300 g/mol. The van der Waals surface area contributed by atoms with Gasteiger partial charge in [-0.05, 0) is 48.6 Å². The second-order valence-corrected chi connectivity index (χ2v) is 5.24. The number of benzene rings is 2. The highest BCUT2D eigenvalue weighted by Gasteiger charge is 2.02. The highest BCUT2D eigenvalue weighted by molar-refractivity contribution is 5.73. The molecule has 0 saturated heterocycles. The molecule has 0 radical (unpaired) electrons. The summed E-state index contributed by atoms with van der Waals surface area (Å²) in [5, 5.41) is 5.61. The van der Waals surface area contributed by atoms with Gasteiger partial charge in [-0.15, -0.1) is 0 Å². The molecular weight excluding hydrogens is 279 g/mol. The van der Waals surface area contributed by atoms with Gasteiger partial charge in [0.2, 0.25) is 0 Å². The van der Waals surface area contributed by atoms with Crippen molar-refractivity contribution in [2.75, 3.05) is 13.1 Å². The molecule has 0 saturated carbocycles. The van der Waals surface area contributed by atoms with Crippen LogP contribution in [0.2, 0.25) is 0 Å². The smallest absolute Gasteiger partial charge is 0.314 e. The van der Waals surface area contributed by atoms with Crippen molar-refractivity contribution in [3.05, 3.63) is 71.0 Å². The van der Waals surface area contributed by atoms with Crippen LogP contribution in [0.25, 0.3) is 0 Å². The summed E-state index contributed by atoms with van der Waals surface area (Å²) >= 11 is 0. The molecule has 0 spiro atoms. The van der Waals surface area contributed by atoms with E-state index in [1.807, 2.05) is 18.2 Å². The topological polar surface area (TPSA) is 41.1 Å². The number of aryl methyl sites for hydroxylation is 1. The van der Waals surface area contributed by atoms with Crippen molar-refractivity contribution < 1.29 is 9.18 Å². The lowest BCUT2D eigenvalue weighted by molar-refractivity contribution is 0.241. The Labute approximate surface area is 130 Å². The largest absolute Gasteiger partial charge is 0.338 e. The van der Waals surface area contributed by atoms with Crippen LogP contribution in [0.15, 0.2) is 48.5 Å². The maximum atomic E-state index is 13.0. The Morgan fingerprint density at radius 1 is 1.00 bits per heavy atom. The van der Waals surface area contributed by atoms with E-state index in [4.69, 9.17) is 0 Å². The molecule has 116 valence electrons. The van der Waals surface area contributed by atoms with Crippen LogP contribution in [0.3, 0.4) is 0 Å². The number of rotatable bonds is 6. The second-order valence-electron chi connectivity index (χ2n) is 5.24. The average Bonchev–Trinajstić information content (AvgIpc) is 2.49. The molecular formula is C18H21FN2O. The van der Waals surface area contributed by atoms with Gasteiger partial charge in [0.15, 0.2) is 0 Å². The first-order chi connectivity index (χ1) is 10.6. The number of nitrogens with one attached hydrogen (secondary N) is 2. The minimum atomic E-state index is -0.250. The Hall–Kier alpha value is -2.36. The summed E-state index contributed by atoms with van der Waals surface area (Å²) in [6.07, 6.45) is 1.42. The lowest BCUT2D eigenvalue weighted by Gasteiger charge is -2.09. The van der Waals surface area contributed by atoms with Crippen LogP contribution < -0.4 is 10.6 Å². The van der Waals surface area contributed by atoms with Gasteiger partial charge in [-0.2, -0.15) is 0 Å². The Morgan fingerprint density at radius 2 is 1.73 bits per heavy atom. The number of halogens is 1. The molecule has 0 aromatic heterocycles. The third kappa shape index (κ3) is 5.20. The first-order valence-electron chi connectivity index (χ1n) is 7.46. The van der Waals surface area contributed by atoms with Crippen molar-refractivity contribution in [2.24, 2.45) is 0 Å². The third-order valence-electron chi connectivity index (χ3n) is 3.53. The number of carbonyl (C=O) groups excluding carboxylic acids is 1. The van der Waals surface area contributed by atoms with Gasteiger partial charge >= 0.3 is 6.03 Å². The van der Waals surface area contributed by atoms with Crippen molar-refractivity contribution in [3.8, 4) is 0 Å². The van der Waals surface area contributed by atoms with Gasteiger partial charge in [0.05, 0.1) is 0 Å². The van der Waals surface area contributed by atoms with E-state index < -0.39 is 0 Å². The Balaban J connectivity index is 1.65. The van der Waals surface area contributed by atoms with Gasteiger partial charge in [0.1, 0.15) is 5.82 Å². The fourth-order valence-electron chi connectivity index (χ4n) is 2.28. The monoisotopic (exact) mass is 300 g/mol. The van der Waals surface area contributed by atoms with E-state index in [1.54, 1.807) is 6.07 Å². The van der Waals surface area contributed by atoms with Gasteiger partial charge < -0.3 is 10.6 Å². The predicted molar refractivity (Wildman–Crippen MR) is 86.4 cm³/mol. The fraction of sp³-hybridized carbons (Fsp3) is 0.278. The highest BCUT2D eigenvalue weighted by atomic mass is 19.1. The molecule has 0 aliphatic heterocycles. The zero-order valence-electron chi connectivity index (χ0n) is 12.7. The molecule has 2 amide bonds. The Morgan fingerprint density at radius 3 is 2.45 bits per heavy atom. The zero-order chi connectivity index (χ0) is 15.8. The van der Waals surface area contributed by atoms with Crippen LogP contribution in [0.5, 0.6) is 0 Å². The molecule has 22 heavy (non-hydrogen) atoms. The summed E-state index contributed by atoms with van der Waals surface area (Å²) in [7, 11) is 0. The maximum absolute atomic E-state index is 13.0. The van der Waals surface area contributed by atoms with Crippen molar-refractivity contribution in [1.82, 2.24) is 10.6 Å². The van der Waals surface area contributed by atoms with Crippen LogP contribution in [-0.4, -0.2) is 19.1 Å². The molecule has 2 aromatic rings. The van der Waals surface area contributed by atoms with Gasteiger partial charge in [-0.25, -0.2) is 9.18 Å². The number of carbonyl (C=O) groups is 1. The van der Waals surface area contributed by atoms with E-state index >= 15 is 0 Å². The maximum Gasteiger partial charge on any atom is 0.314 e. The molecule has 2 aromatic carbocycles. The van der Waals surface area contributed by atoms with Crippen molar-refractivity contribution in [3.63, 3.8) is 0 Å². The number of amides is 2. The van der Waals surface area contributed by atoms with Gasteiger partial charge in [-0.1, -0.05) is 36.4 Å². The normalized spacial score (nSPS) is 10.3. The zero-order valence-corrected chi connectivity index (χ0v) is 12.7. The molecule has 0 fully saturated rings. The van der Waals surface area contributed by atoms with Crippen molar-refractivity contribution in [1.29, 1.82) is 0 Å². The molecule has 0 unspecified atom stereocenters. The summed E-state index contributed by atoms with van der Waals surface area (Å²) in [6.45, 7) is 3.14. The lowest BCUT2D eigenvalue weighted by Crippen LogP contribution is -2.37. The minimum Gasteiger partial charge on any atom is -0.338 e. The summed E-state index contributed by atoms with van der Waals surface area (Å²) in [6, 6.07) is 14.4. The van der Waals surface area contributed by atoms with E-state index in [9.17, 15) is 9.18 Å². The molecule has 0 aliphatic rings. The van der Waals surface area contributed by atoms with Crippen molar-refractivity contribution >= 4 is 6.03 Å².